The SMILES string of the molecule is [B]c1cccc(CCOCC(C)(C)O)n1. The third-order valence-corrected chi connectivity index (χ3v) is 1.79. The first-order chi connectivity index (χ1) is 6.97. The number of nitrogens with zero attached hydrogens (tertiary/aromatic N) is 1. The predicted molar refractivity (Wildman–Crippen MR) is 60.4 cm³/mol. The fraction of sp³-hybridized carbons (Fsp3) is 0.545. The van der Waals surface area contributed by atoms with Crippen LogP contribution in [0.15, 0.2) is 18.2 Å². The molecule has 0 aliphatic rings. The molecule has 2 radical (unpaired) electrons. The Bertz CT molecular complexity index is 310. The van der Waals surface area contributed by atoms with E-state index in [9.17, 15) is 5.11 Å². The van der Waals surface area contributed by atoms with Crippen molar-refractivity contribution in [1.82, 2.24) is 4.98 Å². The highest BCUT2D eigenvalue weighted by atomic mass is 16.5. The van der Waals surface area contributed by atoms with Crippen LogP contribution in [0.25, 0.3) is 0 Å². The number of aliphatic hydroxyl groups is 1. The molecule has 1 heterocycles. The lowest BCUT2D eigenvalue weighted by molar-refractivity contribution is -0.0199. The summed E-state index contributed by atoms with van der Waals surface area (Å²) in [5, 5.41) is 9.40. The summed E-state index contributed by atoms with van der Waals surface area (Å²) >= 11 is 0. The number of hydrogen-bond acceptors (Lipinski definition) is 3. The van der Waals surface area contributed by atoms with Crippen molar-refractivity contribution in [2.75, 3.05) is 13.2 Å². The van der Waals surface area contributed by atoms with Gasteiger partial charge in [0.25, 0.3) is 0 Å². The average Bonchev–Trinajstić information content (AvgIpc) is 2.11. The van der Waals surface area contributed by atoms with Crippen molar-refractivity contribution in [1.29, 1.82) is 0 Å². The van der Waals surface area contributed by atoms with Gasteiger partial charge in [0.1, 0.15) is 7.85 Å². The fourth-order valence-corrected chi connectivity index (χ4v) is 1.14. The third-order valence-electron chi connectivity index (χ3n) is 1.79. The van der Waals surface area contributed by atoms with E-state index in [0.717, 1.165) is 5.69 Å². The molecule has 80 valence electrons. The maximum absolute atomic E-state index is 9.40. The van der Waals surface area contributed by atoms with E-state index in [1.165, 1.54) is 0 Å². The number of pyridine rings is 1. The molecule has 0 aliphatic heterocycles. The lowest BCUT2D eigenvalue weighted by atomic mass is 10.0. The first kappa shape index (κ1) is 12.2. The van der Waals surface area contributed by atoms with Gasteiger partial charge in [0.15, 0.2) is 0 Å². The topological polar surface area (TPSA) is 42.4 Å². The Balaban J connectivity index is 2.26. The molecule has 0 fully saturated rings. The summed E-state index contributed by atoms with van der Waals surface area (Å²) in [5.74, 6) is 0. The molecule has 4 heteroatoms. The number of rotatable bonds is 5. The van der Waals surface area contributed by atoms with Gasteiger partial charge in [0.2, 0.25) is 0 Å². The van der Waals surface area contributed by atoms with Crippen LogP contribution in [-0.4, -0.2) is 36.8 Å². The Hall–Kier alpha value is -0.865. The average molecular weight is 205 g/mol. The van der Waals surface area contributed by atoms with Gasteiger partial charge in [-0.1, -0.05) is 12.1 Å². The highest BCUT2D eigenvalue weighted by Gasteiger charge is 2.11. The first-order valence-corrected chi connectivity index (χ1v) is 4.99. The fourth-order valence-electron chi connectivity index (χ4n) is 1.14. The molecule has 0 saturated carbocycles. The third kappa shape index (κ3) is 5.55. The van der Waals surface area contributed by atoms with Crippen molar-refractivity contribution in [3.05, 3.63) is 23.9 Å². The molecule has 0 saturated heterocycles. The lowest BCUT2D eigenvalue weighted by Crippen LogP contribution is -2.26. The Morgan fingerprint density at radius 1 is 1.47 bits per heavy atom. The van der Waals surface area contributed by atoms with Gasteiger partial charge in [-0.15, -0.1) is 0 Å². The van der Waals surface area contributed by atoms with Crippen molar-refractivity contribution in [3.8, 4) is 0 Å². The predicted octanol–water partition coefficient (Wildman–Crippen LogP) is 0.205. The van der Waals surface area contributed by atoms with Crippen LogP contribution in [0.2, 0.25) is 0 Å². The first-order valence-electron chi connectivity index (χ1n) is 4.99. The normalized spacial score (nSPS) is 11.7. The summed E-state index contributed by atoms with van der Waals surface area (Å²) in [5.41, 5.74) is 0.657. The van der Waals surface area contributed by atoms with Crippen molar-refractivity contribution in [2.45, 2.75) is 25.9 Å². The molecule has 0 bridgehead atoms. The summed E-state index contributed by atoms with van der Waals surface area (Å²) in [6.45, 7) is 4.30. The molecule has 0 amide bonds. The molecule has 1 rings (SSSR count). The molecule has 0 spiro atoms. The van der Waals surface area contributed by atoms with Gasteiger partial charge in [-0.3, -0.25) is 4.98 Å². The molecule has 1 aromatic heterocycles. The second-order valence-corrected chi connectivity index (χ2v) is 4.17. The van der Waals surface area contributed by atoms with Crippen LogP contribution in [0.1, 0.15) is 19.5 Å². The minimum atomic E-state index is -0.775. The molecule has 0 aromatic carbocycles. The summed E-state index contributed by atoms with van der Waals surface area (Å²) in [7, 11) is 5.54. The zero-order valence-electron chi connectivity index (χ0n) is 9.23. The second kappa shape index (κ2) is 5.28. The van der Waals surface area contributed by atoms with Gasteiger partial charge in [-0.05, 0) is 25.5 Å². The van der Waals surface area contributed by atoms with Crippen LogP contribution in [0.5, 0.6) is 0 Å². The van der Waals surface area contributed by atoms with E-state index >= 15 is 0 Å². The van der Waals surface area contributed by atoms with Crippen molar-refractivity contribution < 1.29 is 9.84 Å². The molecule has 0 unspecified atom stereocenters. The quantitative estimate of drug-likeness (QED) is 0.551. The summed E-state index contributed by atoms with van der Waals surface area (Å²) < 4.78 is 5.31. The summed E-state index contributed by atoms with van der Waals surface area (Å²) in [6, 6.07) is 5.53. The molecule has 0 atom stereocenters. The van der Waals surface area contributed by atoms with Crippen LogP contribution < -0.4 is 5.59 Å². The molecule has 0 aliphatic carbocycles. The molecule has 3 nitrogen and oxygen atoms in total. The number of aromatic nitrogens is 1. The molecule has 15 heavy (non-hydrogen) atoms. The molecule has 1 N–H and O–H groups in total. The Labute approximate surface area is 91.9 Å². The van der Waals surface area contributed by atoms with Gasteiger partial charge in [0.05, 0.1) is 18.8 Å². The second-order valence-electron chi connectivity index (χ2n) is 4.17. The van der Waals surface area contributed by atoms with Gasteiger partial charge < -0.3 is 9.84 Å². The van der Waals surface area contributed by atoms with Crippen molar-refractivity contribution in [2.24, 2.45) is 0 Å². The van der Waals surface area contributed by atoms with Gasteiger partial charge in [-0.2, -0.15) is 0 Å². The van der Waals surface area contributed by atoms with Gasteiger partial charge in [0, 0.05) is 12.1 Å². The van der Waals surface area contributed by atoms with Crippen LogP contribution >= 0.6 is 0 Å². The maximum atomic E-state index is 9.40. The molecular formula is C11H16BNO2. The van der Waals surface area contributed by atoms with E-state index in [4.69, 9.17) is 12.6 Å². The summed E-state index contributed by atoms with van der Waals surface area (Å²) in [4.78, 5) is 4.14. The minimum absolute atomic E-state index is 0.329. The van der Waals surface area contributed by atoms with E-state index in [2.05, 4.69) is 4.98 Å². The van der Waals surface area contributed by atoms with Crippen molar-refractivity contribution >= 4 is 13.4 Å². The number of ether oxygens (including phenoxy) is 1. The number of hydrogen-bond donors (Lipinski definition) is 1. The molecule has 1 aromatic rings. The Morgan fingerprint density at radius 3 is 2.80 bits per heavy atom. The van der Waals surface area contributed by atoms with E-state index in [-0.39, 0.29) is 0 Å². The summed E-state index contributed by atoms with van der Waals surface area (Å²) in [6.07, 6.45) is 0.709. The highest BCUT2D eigenvalue weighted by Crippen LogP contribution is 2.01. The van der Waals surface area contributed by atoms with Gasteiger partial charge >= 0.3 is 0 Å². The largest absolute Gasteiger partial charge is 0.388 e. The van der Waals surface area contributed by atoms with Gasteiger partial charge in [-0.25, -0.2) is 0 Å². The zero-order chi connectivity index (χ0) is 11.3. The smallest absolute Gasteiger partial charge is 0.141 e. The monoisotopic (exact) mass is 205 g/mol. The van der Waals surface area contributed by atoms with E-state index in [1.54, 1.807) is 19.9 Å². The maximum Gasteiger partial charge on any atom is 0.141 e. The van der Waals surface area contributed by atoms with Crippen LogP contribution in [0.3, 0.4) is 0 Å². The molecular weight excluding hydrogens is 189 g/mol. The van der Waals surface area contributed by atoms with Crippen LogP contribution in [-0.2, 0) is 11.2 Å². The standard InChI is InChI=1S/C11H16BNO2/c1-11(2,14)8-15-7-6-9-4-3-5-10(12)13-9/h3-5,14H,6-8H2,1-2H3. The zero-order valence-corrected chi connectivity index (χ0v) is 9.23. The minimum Gasteiger partial charge on any atom is -0.388 e. The van der Waals surface area contributed by atoms with E-state index < -0.39 is 5.60 Å². The Kier molecular flexibility index (Phi) is 4.30. The van der Waals surface area contributed by atoms with Crippen LogP contribution in [0.4, 0.5) is 0 Å². The van der Waals surface area contributed by atoms with E-state index in [0.29, 0.717) is 25.2 Å². The van der Waals surface area contributed by atoms with E-state index in [1.807, 2.05) is 12.1 Å². The Morgan fingerprint density at radius 2 is 2.20 bits per heavy atom. The lowest BCUT2D eigenvalue weighted by Gasteiger charge is -2.16. The highest BCUT2D eigenvalue weighted by molar-refractivity contribution is 6.30. The van der Waals surface area contributed by atoms with Crippen molar-refractivity contribution in [3.63, 3.8) is 0 Å². The van der Waals surface area contributed by atoms with Crippen LogP contribution in [0, 0.1) is 0 Å².